The van der Waals surface area contributed by atoms with Crippen molar-refractivity contribution in [1.82, 2.24) is 4.98 Å². The molecule has 4 nitrogen and oxygen atoms in total. The normalized spacial score (nSPS) is 10.5. The molecule has 2 aromatic carbocycles. The third-order valence-corrected chi connectivity index (χ3v) is 3.30. The number of anilines is 1. The summed E-state index contributed by atoms with van der Waals surface area (Å²) >= 11 is 6.07. The number of aromatic nitrogens is 1. The van der Waals surface area contributed by atoms with E-state index >= 15 is 0 Å². The number of aromatic hydroxyl groups is 1. The zero-order valence-corrected chi connectivity index (χ0v) is 11.6. The highest BCUT2D eigenvalue weighted by molar-refractivity contribution is 6.35. The first kappa shape index (κ1) is 13.4. The van der Waals surface area contributed by atoms with Crippen LogP contribution in [0.4, 0.5) is 5.69 Å². The summed E-state index contributed by atoms with van der Waals surface area (Å²) in [6.07, 6.45) is 0. The number of rotatable bonds is 2. The van der Waals surface area contributed by atoms with E-state index in [9.17, 15) is 9.90 Å². The highest BCUT2D eigenvalue weighted by atomic mass is 35.5. The maximum atomic E-state index is 12.2. The van der Waals surface area contributed by atoms with Crippen molar-refractivity contribution in [3.63, 3.8) is 0 Å². The third kappa shape index (κ3) is 2.53. The molecule has 1 aromatic heterocycles. The van der Waals surface area contributed by atoms with Crippen molar-refractivity contribution in [3.8, 4) is 5.75 Å². The first-order valence-electron chi connectivity index (χ1n) is 6.22. The maximum Gasteiger partial charge on any atom is 0.278 e. The van der Waals surface area contributed by atoms with Gasteiger partial charge in [0.15, 0.2) is 11.4 Å². The molecule has 0 spiro atoms. The fourth-order valence-electron chi connectivity index (χ4n) is 2.02. The Balaban J connectivity index is 2.04. The molecule has 0 saturated carbocycles. The van der Waals surface area contributed by atoms with Crippen LogP contribution in [0, 0.1) is 6.07 Å². The van der Waals surface area contributed by atoms with E-state index in [2.05, 4.69) is 16.4 Å². The molecule has 0 fully saturated rings. The van der Waals surface area contributed by atoms with Gasteiger partial charge < -0.3 is 10.4 Å². The molecule has 1 radical (unpaired) electrons. The van der Waals surface area contributed by atoms with Crippen LogP contribution in [0.3, 0.4) is 0 Å². The lowest BCUT2D eigenvalue weighted by molar-refractivity contribution is 0.102. The molecule has 0 aliphatic carbocycles. The standard InChI is InChI=1S/C16H10ClN2O2/c17-15-12-9-5-4-8-11(12)14(20)13(19-15)16(21)18-10-6-2-1-3-7-10/h1-6,8-9,20H,(H,18,21). The number of fused-ring (bicyclic) bond motifs is 1. The smallest absolute Gasteiger partial charge is 0.278 e. The van der Waals surface area contributed by atoms with Crippen LogP contribution in [0.15, 0.2) is 48.5 Å². The number of nitrogens with one attached hydrogen (secondary N) is 1. The van der Waals surface area contributed by atoms with Gasteiger partial charge in [-0.1, -0.05) is 54.1 Å². The molecule has 21 heavy (non-hydrogen) atoms. The average Bonchev–Trinajstić information content (AvgIpc) is 2.52. The first-order chi connectivity index (χ1) is 10.2. The van der Waals surface area contributed by atoms with E-state index in [0.29, 0.717) is 16.5 Å². The van der Waals surface area contributed by atoms with Crippen molar-refractivity contribution >= 4 is 34.0 Å². The molecule has 2 N–H and O–H groups in total. The molecule has 1 heterocycles. The minimum atomic E-state index is -0.539. The molecule has 0 aliphatic rings. The van der Waals surface area contributed by atoms with E-state index in [1.54, 1.807) is 48.5 Å². The Morgan fingerprint density at radius 3 is 2.57 bits per heavy atom. The van der Waals surface area contributed by atoms with Crippen molar-refractivity contribution < 1.29 is 9.90 Å². The van der Waals surface area contributed by atoms with Crippen molar-refractivity contribution in [2.24, 2.45) is 0 Å². The number of pyridine rings is 1. The van der Waals surface area contributed by atoms with Crippen LogP contribution in [0.1, 0.15) is 10.5 Å². The van der Waals surface area contributed by atoms with Gasteiger partial charge in [-0.2, -0.15) is 0 Å². The first-order valence-corrected chi connectivity index (χ1v) is 6.60. The Hall–Kier alpha value is -2.59. The zero-order valence-electron chi connectivity index (χ0n) is 10.8. The van der Waals surface area contributed by atoms with E-state index in [4.69, 9.17) is 11.6 Å². The van der Waals surface area contributed by atoms with Crippen LogP contribution >= 0.6 is 11.6 Å². The van der Waals surface area contributed by atoms with Gasteiger partial charge in [0.1, 0.15) is 5.15 Å². The van der Waals surface area contributed by atoms with Gasteiger partial charge in [-0.25, -0.2) is 4.98 Å². The van der Waals surface area contributed by atoms with Gasteiger partial charge in [0.2, 0.25) is 0 Å². The summed E-state index contributed by atoms with van der Waals surface area (Å²) in [5, 5.41) is 14.1. The Morgan fingerprint density at radius 2 is 1.86 bits per heavy atom. The van der Waals surface area contributed by atoms with Crippen LogP contribution in [0.5, 0.6) is 5.75 Å². The monoisotopic (exact) mass is 297 g/mol. The Morgan fingerprint density at radius 1 is 1.14 bits per heavy atom. The van der Waals surface area contributed by atoms with Crippen molar-refractivity contribution in [1.29, 1.82) is 0 Å². The number of carbonyl (C=O) groups is 1. The second-order valence-electron chi connectivity index (χ2n) is 4.38. The van der Waals surface area contributed by atoms with Gasteiger partial charge in [0, 0.05) is 22.5 Å². The van der Waals surface area contributed by atoms with E-state index in [-0.39, 0.29) is 16.6 Å². The lowest BCUT2D eigenvalue weighted by atomic mass is 10.1. The summed E-state index contributed by atoms with van der Waals surface area (Å²) in [6.45, 7) is 0. The molecule has 3 rings (SSSR count). The lowest BCUT2D eigenvalue weighted by Gasteiger charge is -2.09. The minimum Gasteiger partial charge on any atom is -0.505 e. The van der Waals surface area contributed by atoms with Crippen molar-refractivity contribution in [3.05, 3.63) is 65.4 Å². The van der Waals surface area contributed by atoms with E-state index in [1.807, 2.05) is 0 Å². The molecule has 0 atom stereocenters. The lowest BCUT2D eigenvalue weighted by Crippen LogP contribution is -2.14. The predicted octanol–water partition coefficient (Wildman–Crippen LogP) is 3.65. The van der Waals surface area contributed by atoms with Gasteiger partial charge in [0.05, 0.1) is 0 Å². The van der Waals surface area contributed by atoms with Gasteiger partial charge in [0.25, 0.3) is 5.91 Å². The molecule has 0 bridgehead atoms. The number of hydrogen-bond acceptors (Lipinski definition) is 3. The van der Waals surface area contributed by atoms with Gasteiger partial charge in [-0.05, 0) is 6.07 Å². The van der Waals surface area contributed by atoms with Crippen molar-refractivity contribution in [2.45, 2.75) is 0 Å². The molecular formula is C16H10ClN2O2. The summed E-state index contributed by atoms with van der Waals surface area (Å²) in [6, 6.07) is 16.8. The predicted molar refractivity (Wildman–Crippen MR) is 81.6 cm³/mol. The molecule has 103 valence electrons. The Kier molecular flexibility index (Phi) is 3.46. The highest BCUT2D eigenvalue weighted by Crippen LogP contribution is 2.32. The number of halogens is 1. The molecule has 3 aromatic rings. The molecule has 1 amide bonds. The van der Waals surface area contributed by atoms with Crippen LogP contribution in [0.25, 0.3) is 10.8 Å². The largest absolute Gasteiger partial charge is 0.505 e. The summed E-state index contributed by atoms with van der Waals surface area (Å²) in [4.78, 5) is 16.2. The fourth-order valence-corrected chi connectivity index (χ4v) is 2.27. The second kappa shape index (κ2) is 5.42. The number of nitrogens with zero attached hydrogens (tertiary/aromatic N) is 1. The number of amides is 1. The van der Waals surface area contributed by atoms with Gasteiger partial charge in [-0.15, -0.1) is 0 Å². The van der Waals surface area contributed by atoms with E-state index < -0.39 is 5.91 Å². The zero-order chi connectivity index (χ0) is 14.8. The minimum absolute atomic E-state index is 0.115. The number of hydrogen-bond donors (Lipinski definition) is 2. The van der Waals surface area contributed by atoms with Gasteiger partial charge >= 0.3 is 0 Å². The topological polar surface area (TPSA) is 62.2 Å². The summed E-state index contributed by atoms with van der Waals surface area (Å²) in [5.74, 6) is -0.731. The number of carbonyl (C=O) groups excluding carboxylic acids is 1. The van der Waals surface area contributed by atoms with E-state index in [0.717, 1.165) is 0 Å². The van der Waals surface area contributed by atoms with Gasteiger partial charge in [-0.3, -0.25) is 4.79 Å². The molecule has 0 unspecified atom stereocenters. The molecular weight excluding hydrogens is 288 g/mol. The number of para-hydroxylation sites is 1. The van der Waals surface area contributed by atoms with Crippen molar-refractivity contribution in [2.75, 3.05) is 5.32 Å². The Bertz CT molecular complexity index is 819. The molecule has 0 aliphatic heterocycles. The fraction of sp³-hybridized carbons (Fsp3) is 0. The van der Waals surface area contributed by atoms with Crippen LogP contribution < -0.4 is 5.32 Å². The summed E-state index contributed by atoms with van der Waals surface area (Å²) < 4.78 is 0. The quantitative estimate of drug-likeness (QED) is 0.710. The summed E-state index contributed by atoms with van der Waals surface area (Å²) in [7, 11) is 0. The molecule has 0 saturated heterocycles. The van der Waals surface area contributed by atoms with E-state index in [1.165, 1.54) is 0 Å². The maximum absolute atomic E-state index is 12.2. The second-order valence-corrected chi connectivity index (χ2v) is 4.73. The van der Waals surface area contributed by atoms with Crippen LogP contribution in [0.2, 0.25) is 5.15 Å². The highest BCUT2D eigenvalue weighted by Gasteiger charge is 2.18. The average molecular weight is 298 g/mol. The summed E-state index contributed by atoms with van der Waals surface area (Å²) in [5.41, 5.74) is 0.379. The SMILES string of the molecule is O=C(Nc1[c]cccc1)c1nc(Cl)c2ccccc2c1O. The Labute approximate surface area is 126 Å². The van der Waals surface area contributed by atoms with Crippen LogP contribution in [-0.2, 0) is 0 Å². The third-order valence-electron chi connectivity index (χ3n) is 3.01. The molecule has 5 heteroatoms. The number of benzene rings is 2. The van der Waals surface area contributed by atoms with Crippen LogP contribution in [-0.4, -0.2) is 16.0 Å².